The molecule has 5 nitrogen and oxygen atoms in total. The first-order valence-corrected chi connectivity index (χ1v) is 11.1. The number of carbonyl (C=O) groups is 1. The first-order valence-electron chi connectivity index (χ1n) is 10.3. The molecule has 0 radical (unpaired) electrons. The lowest BCUT2D eigenvalue weighted by molar-refractivity contribution is 0.102. The highest BCUT2D eigenvalue weighted by Gasteiger charge is 2.13. The number of aryl methyl sites for hydroxylation is 1. The van der Waals surface area contributed by atoms with Crippen LogP contribution in [0, 0.1) is 6.92 Å². The van der Waals surface area contributed by atoms with Gasteiger partial charge in [0.2, 0.25) is 0 Å². The van der Waals surface area contributed by atoms with Gasteiger partial charge in [0.25, 0.3) is 5.91 Å². The van der Waals surface area contributed by atoms with Crippen LogP contribution in [0.5, 0.6) is 11.5 Å². The summed E-state index contributed by atoms with van der Waals surface area (Å²) in [6.45, 7) is 4.42. The number of hydrogen-bond donors (Lipinski definition) is 1. The van der Waals surface area contributed by atoms with E-state index in [1.807, 2.05) is 74.5 Å². The number of benzene rings is 3. The molecule has 1 heterocycles. The normalized spacial score (nSPS) is 10.8. The zero-order valence-corrected chi connectivity index (χ0v) is 19.7. The Morgan fingerprint density at radius 2 is 1.91 bits per heavy atom. The number of pyridine rings is 1. The Balaban J connectivity index is 1.71. The standard InChI is InChI=1S/C26H23BrN2O3/c1-4-32-25-15-24(17-6-5-7-20(13-17)31-3)29-23-11-8-18(14-21(23)25)26(30)28-19-9-10-22(27)16(2)12-19/h5-15H,4H2,1-3H3,(H,28,30). The number of nitrogens with zero attached hydrogens (tertiary/aromatic N) is 1. The maximum Gasteiger partial charge on any atom is 0.255 e. The quantitative estimate of drug-likeness (QED) is 0.329. The molecule has 4 aromatic rings. The molecule has 162 valence electrons. The van der Waals surface area contributed by atoms with Crippen LogP contribution in [0.25, 0.3) is 22.2 Å². The first kappa shape index (κ1) is 21.8. The maximum absolute atomic E-state index is 12.9. The van der Waals surface area contributed by atoms with E-state index in [9.17, 15) is 4.79 Å². The van der Waals surface area contributed by atoms with Gasteiger partial charge in [-0.05, 0) is 67.9 Å². The molecule has 0 bridgehead atoms. The summed E-state index contributed by atoms with van der Waals surface area (Å²) in [5, 5.41) is 3.75. The van der Waals surface area contributed by atoms with E-state index in [2.05, 4.69) is 21.2 Å². The van der Waals surface area contributed by atoms with E-state index in [0.29, 0.717) is 17.9 Å². The number of hydrogen-bond acceptors (Lipinski definition) is 4. The Hall–Kier alpha value is -3.38. The van der Waals surface area contributed by atoms with Crippen LogP contribution in [-0.2, 0) is 0 Å². The van der Waals surface area contributed by atoms with Gasteiger partial charge in [0, 0.05) is 32.7 Å². The van der Waals surface area contributed by atoms with Gasteiger partial charge in [-0.1, -0.05) is 28.1 Å². The topological polar surface area (TPSA) is 60.5 Å². The minimum Gasteiger partial charge on any atom is -0.497 e. The van der Waals surface area contributed by atoms with Crippen LogP contribution < -0.4 is 14.8 Å². The number of aromatic nitrogens is 1. The molecular weight excluding hydrogens is 468 g/mol. The number of amides is 1. The van der Waals surface area contributed by atoms with Crippen LogP contribution in [0.1, 0.15) is 22.8 Å². The molecule has 0 aliphatic rings. The van der Waals surface area contributed by atoms with Crippen molar-refractivity contribution in [2.45, 2.75) is 13.8 Å². The molecule has 0 saturated heterocycles. The van der Waals surface area contributed by atoms with Crippen molar-refractivity contribution in [1.82, 2.24) is 4.98 Å². The number of nitrogens with one attached hydrogen (secondary N) is 1. The third-order valence-electron chi connectivity index (χ3n) is 5.11. The van der Waals surface area contributed by atoms with Gasteiger partial charge in [-0.3, -0.25) is 4.79 Å². The van der Waals surface area contributed by atoms with Gasteiger partial charge in [-0.15, -0.1) is 0 Å². The summed E-state index contributed by atoms with van der Waals surface area (Å²) in [7, 11) is 1.64. The average Bonchev–Trinajstić information content (AvgIpc) is 2.81. The smallest absolute Gasteiger partial charge is 0.255 e. The zero-order valence-electron chi connectivity index (χ0n) is 18.1. The fourth-order valence-corrected chi connectivity index (χ4v) is 3.71. The largest absolute Gasteiger partial charge is 0.497 e. The second-order valence-corrected chi connectivity index (χ2v) is 8.17. The van der Waals surface area contributed by atoms with Crippen LogP contribution in [0.2, 0.25) is 0 Å². The van der Waals surface area contributed by atoms with Crippen molar-refractivity contribution < 1.29 is 14.3 Å². The third-order valence-corrected chi connectivity index (χ3v) is 6.00. The Morgan fingerprint density at radius 1 is 1.06 bits per heavy atom. The number of ether oxygens (including phenoxy) is 2. The van der Waals surface area contributed by atoms with Crippen molar-refractivity contribution in [3.63, 3.8) is 0 Å². The molecule has 32 heavy (non-hydrogen) atoms. The summed E-state index contributed by atoms with van der Waals surface area (Å²) in [5.74, 6) is 1.26. The summed E-state index contributed by atoms with van der Waals surface area (Å²) in [6, 6.07) is 20.8. The lowest BCUT2D eigenvalue weighted by atomic mass is 10.1. The molecule has 6 heteroatoms. The number of methoxy groups -OCH3 is 1. The van der Waals surface area contributed by atoms with Crippen molar-refractivity contribution in [3.8, 4) is 22.8 Å². The highest BCUT2D eigenvalue weighted by atomic mass is 79.9. The van der Waals surface area contributed by atoms with Gasteiger partial charge in [-0.25, -0.2) is 4.98 Å². The highest BCUT2D eigenvalue weighted by Crippen LogP contribution is 2.32. The molecule has 0 fully saturated rings. The van der Waals surface area contributed by atoms with E-state index < -0.39 is 0 Å². The van der Waals surface area contributed by atoms with Gasteiger partial charge in [0.05, 0.1) is 24.9 Å². The molecule has 1 aromatic heterocycles. The lowest BCUT2D eigenvalue weighted by Gasteiger charge is -2.13. The predicted molar refractivity (Wildman–Crippen MR) is 132 cm³/mol. The van der Waals surface area contributed by atoms with Crippen LogP contribution in [-0.4, -0.2) is 24.6 Å². The highest BCUT2D eigenvalue weighted by molar-refractivity contribution is 9.10. The van der Waals surface area contributed by atoms with Gasteiger partial charge in [0.15, 0.2) is 0 Å². The molecule has 0 unspecified atom stereocenters. The molecular formula is C26H23BrN2O3. The number of fused-ring (bicyclic) bond motifs is 1. The molecule has 0 saturated carbocycles. The van der Waals surface area contributed by atoms with Crippen molar-refractivity contribution in [3.05, 3.63) is 82.3 Å². The molecule has 4 rings (SSSR count). The van der Waals surface area contributed by atoms with Crippen molar-refractivity contribution in [2.75, 3.05) is 19.0 Å². The first-order chi connectivity index (χ1) is 15.5. The Bertz CT molecular complexity index is 1300. The molecule has 1 N–H and O–H groups in total. The summed E-state index contributed by atoms with van der Waals surface area (Å²) >= 11 is 3.48. The predicted octanol–water partition coefficient (Wildman–Crippen LogP) is 6.63. The maximum atomic E-state index is 12.9. The number of carbonyl (C=O) groups excluding carboxylic acids is 1. The minimum absolute atomic E-state index is 0.187. The molecule has 0 atom stereocenters. The van der Waals surface area contributed by atoms with Crippen LogP contribution in [0.3, 0.4) is 0 Å². The lowest BCUT2D eigenvalue weighted by Crippen LogP contribution is -2.12. The van der Waals surface area contributed by atoms with Crippen LogP contribution in [0.15, 0.2) is 71.2 Å². The number of anilines is 1. The minimum atomic E-state index is -0.187. The van der Waals surface area contributed by atoms with E-state index in [0.717, 1.165) is 43.6 Å². The molecule has 1 amide bonds. The average molecular weight is 491 g/mol. The van der Waals surface area contributed by atoms with E-state index in [4.69, 9.17) is 14.5 Å². The van der Waals surface area contributed by atoms with Gasteiger partial charge in [0.1, 0.15) is 11.5 Å². The van der Waals surface area contributed by atoms with Gasteiger partial charge >= 0.3 is 0 Å². The van der Waals surface area contributed by atoms with Crippen molar-refractivity contribution in [2.24, 2.45) is 0 Å². The molecule has 3 aromatic carbocycles. The van der Waals surface area contributed by atoms with E-state index in [1.165, 1.54) is 0 Å². The summed E-state index contributed by atoms with van der Waals surface area (Å²) in [4.78, 5) is 17.7. The second-order valence-electron chi connectivity index (χ2n) is 7.32. The monoisotopic (exact) mass is 490 g/mol. The fourth-order valence-electron chi connectivity index (χ4n) is 3.47. The Labute approximate surface area is 195 Å². The Kier molecular flexibility index (Phi) is 6.42. The molecule has 0 aliphatic heterocycles. The van der Waals surface area contributed by atoms with Crippen LogP contribution >= 0.6 is 15.9 Å². The molecule has 0 aliphatic carbocycles. The van der Waals surface area contributed by atoms with Gasteiger partial charge < -0.3 is 14.8 Å². The summed E-state index contributed by atoms with van der Waals surface area (Å²) in [6.07, 6.45) is 0. The third kappa shape index (κ3) is 4.60. The molecule has 0 spiro atoms. The fraction of sp³-hybridized carbons (Fsp3) is 0.154. The van der Waals surface area contributed by atoms with E-state index in [1.54, 1.807) is 13.2 Å². The summed E-state index contributed by atoms with van der Waals surface area (Å²) in [5.41, 5.74) is 4.79. The summed E-state index contributed by atoms with van der Waals surface area (Å²) < 4.78 is 12.3. The Morgan fingerprint density at radius 3 is 2.66 bits per heavy atom. The van der Waals surface area contributed by atoms with E-state index >= 15 is 0 Å². The van der Waals surface area contributed by atoms with Crippen LogP contribution in [0.4, 0.5) is 5.69 Å². The van der Waals surface area contributed by atoms with Crippen molar-refractivity contribution in [1.29, 1.82) is 0 Å². The van der Waals surface area contributed by atoms with Crippen molar-refractivity contribution >= 4 is 38.4 Å². The second kappa shape index (κ2) is 9.40. The number of halogens is 1. The number of rotatable bonds is 6. The SMILES string of the molecule is CCOc1cc(-c2cccc(OC)c2)nc2ccc(C(=O)Nc3ccc(Br)c(C)c3)cc12. The van der Waals surface area contributed by atoms with E-state index in [-0.39, 0.29) is 5.91 Å². The van der Waals surface area contributed by atoms with Gasteiger partial charge in [-0.2, -0.15) is 0 Å². The zero-order chi connectivity index (χ0) is 22.7.